The SMILES string of the molecule is O=C(CN1C(=O)S/C(=C\c2cc(I)c(OCc3ccc(C(=O)O)cc3)c(I)c2)C1=O)Nc1cccc(C(F)(F)F)c1. The predicted molar refractivity (Wildman–Crippen MR) is 162 cm³/mol. The molecule has 1 fully saturated rings. The van der Waals surface area contributed by atoms with E-state index in [1.165, 1.54) is 24.3 Å². The van der Waals surface area contributed by atoms with Gasteiger partial charge in [0.2, 0.25) is 5.91 Å². The average molecular weight is 808 g/mol. The van der Waals surface area contributed by atoms with Crippen LogP contribution >= 0.6 is 56.9 Å². The molecule has 0 radical (unpaired) electrons. The van der Waals surface area contributed by atoms with E-state index in [0.29, 0.717) is 23.1 Å². The molecule has 0 saturated carbocycles. The second kappa shape index (κ2) is 12.8. The Morgan fingerprint density at radius 3 is 2.29 bits per heavy atom. The molecular weight excluding hydrogens is 791 g/mol. The van der Waals surface area contributed by atoms with Crippen molar-refractivity contribution < 1.29 is 42.2 Å². The number of amides is 3. The van der Waals surface area contributed by atoms with Crippen LogP contribution in [0.1, 0.15) is 27.0 Å². The monoisotopic (exact) mass is 808 g/mol. The number of nitrogens with one attached hydrogen (secondary N) is 1. The van der Waals surface area contributed by atoms with Gasteiger partial charge in [-0.05, 0) is 117 Å². The number of hydrogen-bond acceptors (Lipinski definition) is 6. The lowest BCUT2D eigenvalue weighted by atomic mass is 10.1. The van der Waals surface area contributed by atoms with Crippen LogP contribution in [0, 0.1) is 7.14 Å². The Balaban J connectivity index is 1.42. The molecule has 0 atom stereocenters. The molecule has 0 aliphatic carbocycles. The van der Waals surface area contributed by atoms with Crippen LogP contribution in [0.4, 0.5) is 23.7 Å². The van der Waals surface area contributed by atoms with Crippen molar-refractivity contribution in [3.05, 3.63) is 95.0 Å². The average Bonchev–Trinajstić information content (AvgIpc) is 3.15. The van der Waals surface area contributed by atoms with Gasteiger partial charge < -0.3 is 15.2 Å². The fourth-order valence-corrected chi connectivity index (χ4v) is 6.57. The molecule has 3 aromatic rings. The van der Waals surface area contributed by atoms with Gasteiger partial charge in [0, 0.05) is 5.69 Å². The van der Waals surface area contributed by atoms with E-state index in [0.717, 1.165) is 35.8 Å². The highest BCUT2D eigenvalue weighted by Crippen LogP contribution is 2.35. The number of thioether (sulfide) groups is 1. The van der Waals surface area contributed by atoms with Crippen molar-refractivity contribution in [3.8, 4) is 5.75 Å². The molecule has 3 amide bonds. The van der Waals surface area contributed by atoms with Crippen LogP contribution in [-0.2, 0) is 22.4 Å². The molecular formula is C27H17F3I2N2O6S. The van der Waals surface area contributed by atoms with Crippen LogP contribution in [-0.4, -0.2) is 39.6 Å². The summed E-state index contributed by atoms with van der Waals surface area (Å²) in [6, 6.07) is 13.8. The van der Waals surface area contributed by atoms with Crippen molar-refractivity contribution >= 4 is 91.7 Å². The van der Waals surface area contributed by atoms with Gasteiger partial charge in [-0.25, -0.2) is 4.79 Å². The molecule has 0 bridgehead atoms. The number of alkyl halides is 3. The molecule has 212 valence electrons. The van der Waals surface area contributed by atoms with Gasteiger partial charge in [0.25, 0.3) is 11.1 Å². The molecule has 14 heteroatoms. The normalized spacial score (nSPS) is 14.5. The lowest BCUT2D eigenvalue weighted by Gasteiger charge is -2.13. The number of anilines is 1. The molecule has 1 heterocycles. The van der Waals surface area contributed by atoms with Crippen molar-refractivity contribution in [2.75, 3.05) is 11.9 Å². The van der Waals surface area contributed by atoms with Gasteiger partial charge in [-0.15, -0.1) is 0 Å². The second-order valence-electron chi connectivity index (χ2n) is 8.50. The zero-order valence-electron chi connectivity index (χ0n) is 20.5. The third-order valence-corrected chi connectivity index (χ3v) is 8.06. The number of aromatic carboxylic acids is 1. The highest BCUT2D eigenvalue weighted by atomic mass is 127. The number of carbonyl (C=O) groups is 4. The van der Waals surface area contributed by atoms with Gasteiger partial charge in [-0.2, -0.15) is 13.2 Å². The number of hydrogen-bond donors (Lipinski definition) is 2. The van der Waals surface area contributed by atoms with E-state index < -0.39 is 41.3 Å². The van der Waals surface area contributed by atoms with Crippen LogP contribution in [0.15, 0.2) is 65.6 Å². The van der Waals surface area contributed by atoms with Gasteiger partial charge in [-0.1, -0.05) is 18.2 Å². The summed E-state index contributed by atoms with van der Waals surface area (Å²) in [6.07, 6.45) is -3.08. The van der Waals surface area contributed by atoms with E-state index in [9.17, 15) is 32.3 Å². The molecule has 0 aromatic heterocycles. The van der Waals surface area contributed by atoms with Gasteiger partial charge in [0.15, 0.2) is 0 Å². The number of imide groups is 1. The lowest BCUT2D eigenvalue weighted by Crippen LogP contribution is -2.36. The molecule has 0 unspecified atom stereocenters. The Bertz CT molecular complexity index is 1550. The van der Waals surface area contributed by atoms with Crippen molar-refractivity contribution in [2.24, 2.45) is 0 Å². The predicted octanol–water partition coefficient (Wildman–Crippen LogP) is 6.87. The van der Waals surface area contributed by atoms with Crippen LogP contribution in [0.25, 0.3) is 6.08 Å². The van der Waals surface area contributed by atoms with Gasteiger partial charge in [0.1, 0.15) is 18.9 Å². The van der Waals surface area contributed by atoms with Crippen molar-refractivity contribution in [1.82, 2.24) is 4.90 Å². The molecule has 41 heavy (non-hydrogen) atoms. The first-order valence-corrected chi connectivity index (χ1v) is 14.5. The summed E-state index contributed by atoms with van der Waals surface area (Å²) in [6.45, 7) is -0.458. The van der Waals surface area contributed by atoms with E-state index in [1.807, 2.05) is 0 Å². The maximum Gasteiger partial charge on any atom is 0.416 e. The van der Waals surface area contributed by atoms with Crippen molar-refractivity contribution in [2.45, 2.75) is 12.8 Å². The zero-order chi connectivity index (χ0) is 29.9. The summed E-state index contributed by atoms with van der Waals surface area (Å²) in [5.74, 6) is -1.95. The minimum Gasteiger partial charge on any atom is -0.487 e. The summed E-state index contributed by atoms with van der Waals surface area (Å²) >= 11 is 4.79. The Hall–Kier alpha value is -3.12. The summed E-state index contributed by atoms with van der Waals surface area (Å²) in [7, 11) is 0. The van der Waals surface area contributed by atoms with E-state index >= 15 is 0 Å². The number of rotatable bonds is 8. The molecule has 1 aliphatic rings. The summed E-state index contributed by atoms with van der Waals surface area (Å²) < 4.78 is 46.2. The number of carboxylic acid groups (broad SMARTS) is 1. The van der Waals surface area contributed by atoms with Crippen LogP contribution in [0.2, 0.25) is 0 Å². The van der Waals surface area contributed by atoms with Crippen molar-refractivity contribution in [3.63, 3.8) is 0 Å². The molecule has 0 spiro atoms. The number of ether oxygens (including phenoxy) is 1. The number of benzene rings is 3. The Morgan fingerprint density at radius 2 is 1.68 bits per heavy atom. The fourth-order valence-electron chi connectivity index (χ4n) is 3.60. The Labute approximate surface area is 262 Å². The number of nitrogens with zero attached hydrogens (tertiary/aromatic N) is 1. The highest BCUT2D eigenvalue weighted by Gasteiger charge is 2.36. The quantitative estimate of drug-likeness (QED) is 0.189. The Morgan fingerprint density at radius 1 is 1.02 bits per heavy atom. The summed E-state index contributed by atoms with van der Waals surface area (Å²) in [5.41, 5.74) is 0.492. The highest BCUT2D eigenvalue weighted by molar-refractivity contribution is 14.1. The summed E-state index contributed by atoms with van der Waals surface area (Å²) in [4.78, 5) is 49.6. The smallest absolute Gasteiger partial charge is 0.416 e. The molecule has 1 aliphatic heterocycles. The topological polar surface area (TPSA) is 113 Å². The minimum atomic E-state index is -4.59. The zero-order valence-corrected chi connectivity index (χ0v) is 25.6. The first kappa shape index (κ1) is 30.8. The Kier molecular flexibility index (Phi) is 9.63. The van der Waals surface area contributed by atoms with Crippen LogP contribution in [0.5, 0.6) is 5.75 Å². The van der Waals surface area contributed by atoms with Gasteiger partial charge in [0.05, 0.1) is 23.2 Å². The van der Waals surface area contributed by atoms with Gasteiger partial charge in [-0.3, -0.25) is 19.3 Å². The minimum absolute atomic E-state index is 0.0839. The molecule has 2 N–H and O–H groups in total. The second-order valence-corrected chi connectivity index (χ2v) is 11.8. The first-order valence-electron chi connectivity index (χ1n) is 11.5. The van der Waals surface area contributed by atoms with E-state index in [1.54, 1.807) is 24.3 Å². The largest absolute Gasteiger partial charge is 0.487 e. The van der Waals surface area contributed by atoms with Crippen LogP contribution in [0.3, 0.4) is 0 Å². The standard InChI is InChI=1S/C27H17F3I2N2O6S/c28-27(29,30)17-2-1-3-18(11-17)33-22(35)12-34-24(36)21(41-26(34)39)10-15-8-19(31)23(20(32)9-15)40-13-14-4-6-16(7-5-14)25(37)38/h1-11H,12-13H2,(H,33,35)(H,37,38)/b21-10-. The third kappa shape index (κ3) is 7.79. The van der Waals surface area contributed by atoms with Crippen LogP contribution < -0.4 is 10.1 Å². The van der Waals surface area contributed by atoms with E-state index in [4.69, 9.17) is 9.84 Å². The first-order chi connectivity index (χ1) is 19.3. The van der Waals surface area contributed by atoms with E-state index in [-0.39, 0.29) is 22.8 Å². The maximum absolute atomic E-state index is 12.9. The number of carbonyl (C=O) groups excluding carboxylic acids is 3. The molecule has 1 saturated heterocycles. The molecule has 8 nitrogen and oxygen atoms in total. The van der Waals surface area contributed by atoms with E-state index in [2.05, 4.69) is 50.5 Å². The maximum atomic E-state index is 12.9. The number of halogens is 5. The lowest BCUT2D eigenvalue weighted by molar-refractivity contribution is -0.137. The fraction of sp³-hybridized carbons (Fsp3) is 0.111. The van der Waals surface area contributed by atoms with Gasteiger partial charge >= 0.3 is 12.1 Å². The number of carboxylic acids is 1. The third-order valence-electron chi connectivity index (χ3n) is 5.55. The molecule has 4 rings (SSSR count). The molecule has 3 aromatic carbocycles. The summed E-state index contributed by atoms with van der Waals surface area (Å²) in [5, 5.41) is 10.6. The van der Waals surface area contributed by atoms with Crippen molar-refractivity contribution in [1.29, 1.82) is 0 Å².